The zero-order chi connectivity index (χ0) is 23.9. The molecule has 1 aliphatic rings. The number of anilines is 3. The van der Waals surface area contributed by atoms with E-state index in [2.05, 4.69) is 26.6 Å². The molecule has 0 bridgehead atoms. The van der Waals surface area contributed by atoms with Crippen LogP contribution in [-0.2, 0) is 0 Å². The third kappa shape index (κ3) is 4.16. The van der Waals surface area contributed by atoms with E-state index in [1.165, 1.54) is 0 Å². The van der Waals surface area contributed by atoms with Gasteiger partial charge in [0.05, 0.1) is 34.3 Å². The van der Waals surface area contributed by atoms with Crippen LogP contribution >= 0.6 is 0 Å². The van der Waals surface area contributed by atoms with Crippen LogP contribution < -0.4 is 10.2 Å². The quantitative estimate of drug-likeness (QED) is 0.430. The minimum Gasteiger partial charge on any atom is -0.389 e. The summed E-state index contributed by atoms with van der Waals surface area (Å²) < 4.78 is 1.92. The second-order valence-corrected chi connectivity index (χ2v) is 9.01. The van der Waals surface area contributed by atoms with Crippen LogP contribution in [0.2, 0.25) is 0 Å². The highest BCUT2D eigenvalue weighted by Crippen LogP contribution is 2.46. The van der Waals surface area contributed by atoms with E-state index in [0.717, 1.165) is 40.8 Å². The van der Waals surface area contributed by atoms with Crippen molar-refractivity contribution in [2.24, 2.45) is 5.41 Å². The summed E-state index contributed by atoms with van der Waals surface area (Å²) in [5.41, 5.74) is 3.86. The van der Waals surface area contributed by atoms with Gasteiger partial charge >= 0.3 is 0 Å². The minimum atomic E-state index is -0.672. The van der Waals surface area contributed by atoms with Crippen molar-refractivity contribution in [3.8, 4) is 11.9 Å². The smallest absolute Gasteiger partial charge is 0.153 e. The highest BCUT2D eigenvalue weighted by molar-refractivity contribution is 5.82. The van der Waals surface area contributed by atoms with Crippen molar-refractivity contribution in [1.29, 1.82) is 5.26 Å². The van der Waals surface area contributed by atoms with E-state index in [1.54, 1.807) is 13.3 Å². The predicted molar refractivity (Wildman–Crippen MR) is 130 cm³/mol. The molecule has 9 heteroatoms. The lowest BCUT2D eigenvalue weighted by atomic mass is 10.1. The molecule has 1 aromatic carbocycles. The Morgan fingerprint density at radius 1 is 1.21 bits per heavy atom. The molecule has 172 valence electrons. The fourth-order valence-electron chi connectivity index (χ4n) is 4.09. The molecule has 1 saturated carbocycles. The minimum absolute atomic E-state index is 0.310. The zero-order valence-electron chi connectivity index (χ0n) is 19.4. The molecule has 5 rings (SSSR count). The Kier molecular flexibility index (Phi) is 5.38. The summed E-state index contributed by atoms with van der Waals surface area (Å²) in [5, 5.41) is 31.3. The summed E-state index contributed by atoms with van der Waals surface area (Å²) in [6.45, 7) is 4.21. The van der Waals surface area contributed by atoms with Crippen molar-refractivity contribution in [3.63, 3.8) is 0 Å². The molecule has 4 aromatic rings. The number of aliphatic hydroxyl groups excluding tert-OH is 1. The molecule has 1 fully saturated rings. The van der Waals surface area contributed by atoms with Crippen molar-refractivity contribution in [2.75, 3.05) is 23.8 Å². The van der Waals surface area contributed by atoms with Gasteiger partial charge in [0.25, 0.3) is 0 Å². The fourth-order valence-corrected chi connectivity index (χ4v) is 4.09. The molecule has 1 unspecified atom stereocenters. The maximum Gasteiger partial charge on any atom is 0.153 e. The number of imidazole rings is 1. The number of fused-ring (bicyclic) bond motifs is 1. The van der Waals surface area contributed by atoms with Crippen LogP contribution in [-0.4, -0.2) is 43.4 Å². The van der Waals surface area contributed by atoms with Gasteiger partial charge in [-0.2, -0.15) is 10.4 Å². The van der Waals surface area contributed by atoms with E-state index < -0.39 is 6.10 Å². The van der Waals surface area contributed by atoms with Crippen molar-refractivity contribution in [3.05, 3.63) is 60.0 Å². The number of nitriles is 1. The van der Waals surface area contributed by atoms with Gasteiger partial charge in [0.2, 0.25) is 0 Å². The first-order valence-corrected chi connectivity index (χ1v) is 11.2. The van der Waals surface area contributed by atoms with Gasteiger partial charge in [0, 0.05) is 24.8 Å². The molecule has 2 N–H and O–H groups in total. The van der Waals surface area contributed by atoms with Gasteiger partial charge in [-0.25, -0.2) is 9.97 Å². The topological polar surface area (TPSA) is 116 Å². The largest absolute Gasteiger partial charge is 0.389 e. The summed E-state index contributed by atoms with van der Waals surface area (Å²) in [7, 11) is 1.92. The molecule has 0 aliphatic heterocycles. The second-order valence-electron chi connectivity index (χ2n) is 9.01. The Morgan fingerprint density at radius 3 is 2.71 bits per heavy atom. The highest BCUT2D eigenvalue weighted by atomic mass is 16.3. The normalized spacial score (nSPS) is 15.0. The Balaban J connectivity index is 1.47. The monoisotopic (exact) mass is 454 g/mol. The van der Waals surface area contributed by atoms with E-state index in [1.807, 2.05) is 65.9 Å². The molecule has 1 atom stereocenters. The fraction of sp³-hybridized carbons (Fsp3) is 0.320. The lowest BCUT2D eigenvalue weighted by molar-refractivity contribution is 0.199. The Bertz CT molecular complexity index is 1380. The highest BCUT2D eigenvalue weighted by Gasteiger charge is 2.44. The molecule has 3 aromatic heterocycles. The number of hydrogen-bond acceptors (Lipinski definition) is 8. The van der Waals surface area contributed by atoms with Crippen LogP contribution in [0.4, 0.5) is 17.3 Å². The Morgan fingerprint density at radius 2 is 2.03 bits per heavy atom. The van der Waals surface area contributed by atoms with E-state index in [-0.39, 0.29) is 5.41 Å². The SMILES string of the molecule is Cc1ccc(Nc2ccc3c(c2)ncn3-c2ccc(C(C)O)c(N(C)CC3(C#N)CC3)n2)nn1. The molecule has 1 aliphatic carbocycles. The van der Waals surface area contributed by atoms with Crippen LogP contribution in [0.25, 0.3) is 16.9 Å². The van der Waals surface area contributed by atoms with Crippen molar-refractivity contribution in [2.45, 2.75) is 32.8 Å². The van der Waals surface area contributed by atoms with E-state index >= 15 is 0 Å². The predicted octanol–water partition coefficient (Wildman–Crippen LogP) is 4.06. The zero-order valence-corrected chi connectivity index (χ0v) is 19.4. The van der Waals surface area contributed by atoms with Gasteiger partial charge in [0.15, 0.2) is 5.82 Å². The number of hydrogen-bond donors (Lipinski definition) is 2. The molecular formula is C25H26N8O. The summed E-state index contributed by atoms with van der Waals surface area (Å²) in [5.74, 6) is 2.03. The molecule has 0 amide bonds. The molecule has 3 heterocycles. The first-order chi connectivity index (χ1) is 16.4. The number of pyridine rings is 1. The number of aryl methyl sites for hydroxylation is 1. The van der Waals surface area contributed by atoms with Gasteiger partial charge in [-0.1, -0.05) is 0 Å². The van der Waals surface area contributed by atoms with E-state index in [4.69, 9.17) is 4.98 Å². The first-order valence-electron chi connectivity index (χ1n) is 11.2. The Hall–Kier alpha value is -4.03. The van der Waals surface area contributed by atoms with Gasteiger partial charge in [0.1, 0.15) is 18.0 Å². The summed E-state index contributed by atoms with van der Waals surface area (Å²) in [6.07, 6.45) is 2.86. The maximum absolute atomic E-state index is 10.3. The average molecular weight is 455 g/mol. The van der Waals surface area contributed by atoms with Crippen molar-refractivity contribution in [1.82, 2.24) is 24.7 Å². The van der Waals surface area contributed by atoms with Crippen LogP contribution in [0.1, 0.15) is 37.1 Å². The second kappa shape index (κ2) is 8.39. The lowest BCUT2D eigenvalue weighted by Crippen LogP contribution is -2.28. The lowest BCUT2D eigenvalue weighted by Gasteiger charge is -2.25. The molecule has 0 spiro atoms. The Labute approximate surface area is 197 Å². The van der Waals surface area contributed by atoms with Crippen LogP contribution in [0.3, 0.4) is 0 Å². The standard InChI is InChI=1S/C25H26N8O/c1-16-4-8-22(31-30-16)28-18-5-7-21-20(12-18)27-15-33(21)23-9-6-19(17(2)34)24(29-23)32(3)14-25(13-26)10-11-25/h4-9,12,15,17,34H,10-11,14H2,1-3H3,(H,28,31). The van der Waals surface area contributed by atoms with Gasteiger partial charge < -0.3 is 15.3 Å². The van der Waals surface area contributed by atoms with E-state index in [9.17, 15) is 10.4 Å². The van der Waals surface area contributed by atoms with Crippen LogP contribution in [0, 0.1) is 23.7 Å². The van der Waals surface area contributed by atoms with Gasteiger partial charge in [-0.3, -0.25) is 4.57 Å². The number of aliphatic hydroxyl groups is 1. The summed E-state index contributed by atoms with van der Waals surface area (Å²) in [6, 6.07) is 15.9. The number of aromatic nitrogens is 5. The van der Waals surface area contributed by atoms with Crippen LogP contribution in [0.5, 0.6) is 0 Å². The number of rotatable bonds is 7. The molecule has 0 saturated heterocycles. The number of nitrogens with zero attached hydrogens (tertiary/aromatic N) is 7. The van der Waals surface area contributed by atoms with Crippen molar-refractivity contribution < 1.29 is 5.11 Å². The first kappa shape index (κ1) is 21.8. The molecule has 34 heavy (non-hydrogen) atoms. The summed E-state index contributed by atoms with van der Waals surface area (Å²) in [4.78, 5) is 11.4. The third-order valence-electron chi connectivity index (χ3n) is 6.20. The summed E-state index contributed by atoms with van der Waals surface area (Å²) >= 11 is 0. The van der Waals surface area contributed by atoms with Gasteiger partial charge in [-0.15, -0.1) is 5.10 Å². The van der Waals surface area contributed by atoms with Gasteiger partial charge in [-0.05, 0) is 69.2 Å². The molecule has 0 radical (unpaired) electrons. The number of benzene rings is 1. The van der Waals surface area contributed by atoms with E-state index in [0.29, 0.717) is 24.0 Å². The molecule has 9 nitrogen and oxygen atoms in total. The van der Waals surface area contributed by atoms with Crippen molar-refractivity contribution >= 4 is 28.4 Å². The number of nitrogens with one attached hydrogen (secondary N) is 1. The average Bonchev–Trinajstić information content (AvgIpc) is 3.48. The molecular weight excluding hydrogens is 428 g/mol. The maximum atomic E-state index is 10.3. The third-order valence-corrected chi connectivity index (χ3v) is 6.20. The van der Waals surface area contributed by atoms with Crippen LogP contribution in [0.15, 0.2) is 48.8 Å².